The van der Waals surface area contributed by atoms with E-state index in [1.165, 1.54) is 0 Å². The van der Waals surface area contributed by atoms with E-state index in [1.54, 1.807) is 0 Å². The molecule has 16 heavy (non-hydrogen) atoms. The minimum atomic E-state index is -0.346. The molecule has 0 bridgehead atoms. The third kappa shape index (κ3) is 4.46. The van der Waals surface area contributed by atoms with Crippen LogP contribution in [0.25, 0.3) is 0 Å². The van der Waals surface area contributed by atoms with Gasteiger partial charge in [-0.3, -0.25) is 9.59 Å². The standard InChI is InChI=1S/C14H26O2/c1-9(2)11(4)12(15)8-10(3)13(16)14(5,6)7/h9-11H,8H2,1-7H3. The number of hydrogen-bond donors (Lipinski definition) is 0. The molecule has 2 heteroatoms. The Kier molecular flexibility index (Phi) is 5.37. The molecule has 0 heterocycles. The quantitative estimate of drug-likeness (QED) is 0.719. The Hall–Kier alpha value is -0.660. The Bertz CT molecular complexity index is 258. The molecule has 2 nitrogen and oxygen atoms in total. The molecule has 0 radical (unpaired) electrons. The van der Waals surface area contributed by atoms with Crippen LogP contribution in [0.1, 0.15) is 54.9 Å². The summed E-state index contributed by atoms with van der Waals surface area (Å²) in [6.07, 6.45) is 0.384. The number of Topliss-reactive ketones (excluding diaryl/α,β-unsaturated/α-hetero) is 2. The Morgan fingerprint density at radius 1 is 1.00 bits per heavy atom. The van der Waals surface area contributed by atoms with E-state index in [0.29, 0.717) is 12.3 Å². The molecule has 0 fully saturated rings. The summed E-state index contributed by atoms with van der Waals surface area (Å²) >= 11 is 0. The second-order valence-electron chi connectivity index (χ2n) is 6.22. The average Bonchev–Trinajstić information content (AvgIpc) is 2.13. The predicted octanol–water partition coefficient (Wildman–Crippen LogP) is 3.49. The molecule has 0 saturated carbocycles. The fourth-order valence-electron chi connectivity index (χ4n) is 1.69. The van der Waals surface area contributed by atoms with Crippen LogP contribution in [-0.4, -0.2) is 11.6 Å². The highest BCUT2D eigenvalue weighted by Crippen LogP contribution is 2.24. The van der Waals surface area contributed by atoms with E-state index in [9.17, 15) is 9.59 Å². The van der Waals surface area contributed by atoms with Crippen LogP contribution in [0.15, 0.2) is 0 Å². The summed E-state index contributed by atoms with van der Waals surface area (Å²) in [4.78, 5) is 23.8. The maximum Gasteiger partial charge on any atom is 0.141 e. The predicted molar refractivity (Wildman–Crippen MR) is 67.3 cm³/mol. The number of hydrogen-bond acceptors (Lipinski definition) is 2. The summed E-state index contributed by atoms with van der Waals surface area (Å²) in [7, 11) is 0. The Morgan fingerprint density at radius 2 is 1.44 bits per heavy atom. The Morgan fingerprint density at radius 3 is 1.75 bits per heavy atom. The largest absolute Gasteiger partial charge is 0.299 e. The van der Waals surface area contributed by atoms with Crippen molar-refractivity contribution in [2.24, 2.45) is 23.2 Å². The van der Waals surface area contributed by atoms with Gasteiger partial charge in [-0.2, -0.15) is 0 Å². The molecule has 0 spiro atoms. The van der Waals surface area contributed by atoms with E-state index < -0.39 is 0 Å². The molecular weight excluding hydrogens is 200 g/mol. The first kappa shape index (κ1) is 15.3. The van der Waals surface area contributed by atoms with E-state index in [0.717, 1.165) is 0 Å². The van der Waals surface area contributed by atoms with Crippen molar-refractivity contribution in [2.45, 2.75) is 54.9 Å². The van der Waals surface area contributed by atoms with Crippen molar-refractivity contribution in [3.8, 4) is 0 Å². The normalized spacial score (nSPS) is 16.0. The van der Waals surface area contributed by atoms with E-state index in [1.807, 2.05) is 48.5 Å². The molecule has 0 amide bonds. The van der Waals surface area contributed by atoms with E-state index in [4.69, 9.17) is 0 Å². The molecule has 2 unspecified atom stereocenters. The second-order valence-corrected chi connectivity index (χ2v) is 6.22. The zero-order valence-corrected chi connectivity index (χ0v) is 11.8. The van der Waals surface area contributed by atoms with Crippen LogP contribution < -0.4 is 0 Å². The number of carbonyl (C=O) groups excluding carboxylic acids is 2. The van der Waals surface area contributed by atoms with E-state index >= 15 is 0 Å². The van der Waals surface area contributed by atoms with Crippen molar-refractivity contribution in [2.75, 3.05) is 0 Å². The topological polar surface area (TPSA) is 34.1 Å². The summed E-state index contributed by atoms with van der Waals surface area (Å²) in [5, 5.41) is 0. The minimum absolute atomic E-state index is 0.0511. The van der Waals surface area contributed by atoms with Gasteiger partial charge in [0, 0.05) is 23.7 Å². The lowest BCUT2D eigenvalue weighted by molar-refractivity contribution is -0.134. The zero-order chi connectivity index (χ0) is 13.1. The Balaban J connectivity index is 4.42. The van der Waals surface area contributed by atoms with Crippen LogP contribution in [0.2, 0.25) is 0 Å². The van der Waals surface area contributed by atoms with Gasteiger partial charge in [-0.25, -0.2) is 0 Å². The molecule has 0 aliphatic heterocycles. The van der Waals surface area contributed by atoms with Crippen molar-refractivity contribution in [3.63, 3.8) is 0 Å². The van der Waals surface area contributed by atoms with Crippen LogP contribution in [0.4, 0.5) is 0 Å². The number of carbonyl (C=O) groups is 2. The molecular formula is C14H26O2. The lowest BCUT2D eigenvalue weighted by atomic mass is 9.80. The van der Waals surface area contributed by atoms with Crippen LogP contribution in [0.3, 0.4) is 0 Å². The minimum Gasteiger partial charge on any atom is -0.299 e. The summed E-state index contributed by atoms with van der Waals surface area (Å²) in [6.45, 7) is 13.6. The molecule has 94 valence electrons. The first-order chi connectivity index (χ1) is 7.07. The van der Waals surface area contributed by atoms with E-state index in [2.05, 4.69) is 0 Å². The molecule has 0 aliphatic carbocycles. The van der Waals surface area contributed by atoms with Gasteiger partial charge in [-0.15, -0.1) is 0 Å². The molecule has 0 rings (SSSR count). The lowest BCUT2D eigenvalue weighted by Gasteiger charge is -2.23. The fourth-order valence-corrected chi connectivity index (χ4v) is 1.69. The van der Waals surface area contributed by atoms with Crippen molar-refractivity contribution in [1.29, 1.82) is 0 Å². The molecule has 2 atom stereocenters. The average molecular weight is 226 g/mol. The van der Waals surface area contributed by atoms with Gasteiger partial charge >= 0.3 is 0 Å². The van der Waals surface area contributed by atoms with Gasteiger partial charge in [-0.05, 0) is 5.92 Å². The second kappa shape index (κ2) is 5.60. The van der Waals surface area contributed by atoms with Crippen LogP contribution in [-0.2, 0) is 9.59 Å². The maximum atomic E-state index is 11.9. The molecule has 0 aromatic heterocycles. The molecule has 0 aliphatic rings. The molecule has 0 N–H and O–H groups in total. The first-order valence-electron chi connectivity index (χ1n) is 6.14. The van der Waals surface area contributed by atoms with Crippen molar-refractivity contribution >= 4 is 11.6 Å². The summed E-state index contributed by atoms with van der Waals surface area (Å²) in [5.41, 5.74) is -0.346. The molecule has 0 saturated heterocycles. The van der Waals surface area contributed by atoms with Crippen LogP contribution >= 0.6 is 0 Å². The third-order valence-corrected chi connectivity index (χ3v) is 3.20. The highest BCUT2D eigenvalue weighted by Gasteiger charge is 2.29. The van der Waals surface area contributed by atoms with Gasteiger partial charge in [-0.1, -0.05) is 48.5 Å². The van der Waals surface area contributed by atoms with Gasteiger partial charge < -0.3 is 0 Å². The lowest BCUT2D eigenvalue weighted by Crippen LogP contribution is -2.30. The third-order valence-electron chi connectivity index (χ3n) is 3.20. The van der Waals surface area contributed by atoms with Crippen molar-refractivity contribution in [1.82, 2.24) is 0 Å². The SMILES string of the molecule is CC(CC(=O)C(C)C(C)C)C(=O)C(C)(C)C. The van der Waals surface area contributed by atoms with Crippen molar-refractivity contribution < 1.29 is 9.59 Å². The van der Waals surface area contributed by atoms with Crippen molar-refractivity contribution in [3.05, 3.63) is 0 Å². The molecule has 0 aromatic carbocycles. The smallest absolute Gasteiger partial charge is 0.141 e. The highest BCUT2D eigenvalue weighted by molar-refractivity contribution is 5.91. The van der Waals surface area contributed by atoms with Crippen LogP contribution in [0, 0.1) is 23.2 Å². The highest BCUT2D eigenvalue weighted by atomic mass is 16.1. The fraction of sp³-hybridized carbons (Fsp3) is 0.857. The van der Waals surface area contributed by atoms with E-state index in [-0.39, 0.29) is 28.8 Å². The summed E-state index contributed by atoms with van der Waals surface area (Å²) in [6, 6.07) is 0. The Labute approximate surface area is 99.8 Å². The first-order valence-corrected chi connectivity index (χ1v) is 6.14. The zero-order valence-electron chi connectivity index (χ0n) is 11.8. The monoisotopic (exact) mass is 226 g/mol. The summed E-state index contributed by atoms with van der Waals surface area (Å²) in [5.74, 6) is 0.630. The van der Waals surface area contributed by atoms with Crippen LogP contribution in [0.5, 0.6) is 0 Å². The molecule has 0 aromatic rings. The number of ketones is 2. The van der Waals surface area contributed by atoms with Gasteiger partial charge in [0.05, 0.1) is 0 Å². The summed E-state index contributed by atoms with van der Waals surface area (Å²) < 4.78 is 0. The van der Waals surface area contributed by atoms with Gasteiger partial charge in [0.2, 0.25) is 0 Å². The maximum absolute atomic E-state index is 11.9. The van der Waals surface area contributed by atoms with Gasteiger partial charge in [0.15, 0.2) is 0 Å². The van der Waals surface area contributed by atoms with Gasteiger partial charge in [0.1, 0.15) is 11.6 Å². The van der Waals surface area contributed by atoms with Gasteiger partial charge in [0.25, 0.3) is 0 Å². The number of rotatable bonds is 5.